The van der Waals surface area contributed by atoms with Crippen molar-refractivity contribution < 1.29 is 19.0 Å². The zero-order valence-corrected chi connectivity index (χ0v) is 19.8. The standard InChI is InChI=1S/C28H28FN3O3/c1-18-11-19(2)13-22(12-18)35-17-21(33)16-32-26-10-6-4-8-24(26)30-28(32)20-14-27(34)31(15-20)25-9-5-3-7-23(25)29/h3-13,20-21,33H,14-17H2,1-2H3. The van der Waals surface area contributed by atoms with E-state index in [0.29, 0.717) is 12.4 Å². The van der Waals surface area contributed by atoms with Crippen molar-refractivity contribution in [1.82, 2.24) is 9.55 Å². The summed E-state index contributed by atoms with van der Waals surface area (Å²) in [7, 11) is 0. The molecular weight excluding hydrogens is 445 g/mol. The lowest BCUT2D eigenvalue weighted by Crippen LogP contribution is -2.27. The molecule has 35 heavy (non-hydrogen) atoms. The average Bonchev–Trinajstić information content (AvgIpc) is 3.38. The van der Waals surface area contributed by atoms with Crippen molar-refractivity contribution in [3.8, 4) is 5.75 Å². The molecule has 1 aliphatic rings. The largest absolute Gasteiger partial charge is 0.491 e. The maximum absolute atomic E-state index is 14.4. The SMILES string of the molecule is Cc1cc(C)cc(OCC(O)Cn2c(C3CC(=O)N(c4ccccc4F)C3)nc3ccccc32)c1. The van der Waals surface area contributed by atoms with Gasteiger partial charge in [0, 0.05) is 18.9 Å². The molecule has 2 atom stereocenters. The van der Waals surface area contributed by atoms with Gasteiger partial charge in [0.15, 0.2) is 0 Å². The van der Waals surface area contributed by atoms with E-state index in [2.05, 4.69) is 6.07 Å². The summed E-state index contributed by atoms with van der Waals surface area (Å²) < 4.78 is 22.2. The van der Waals surface area contributed by atoms with Crippen molar-refractivity contribution >= 4 is 22.6 Å². The first-order valence-electron chi connectivity index (χ1n) is 11.8. The summed E-state index contributed by atoms with van der Waals surface area (Å²) in [6.45, 7) is 4.74. The van der Waals surface area contributed by atoms with E-state index in [0.717, 1.165) is 27.9 Å². The molecule has 4 aromatic rings. The Labute approximate surface area is 203 Å². The molecule has 1 aliphatic heterocycles. The fourth-order valence-electron chi connectivity index (χ4n) is 4.85. The first-order valence-corrected chi connectivity index (χ1v) is 11.8. The Morgan fingerprint density at radius 2 is 1.80 bits per heavy atom. The summed E-state index contributed by atoms with van der Waals surface area (Å²) in [5.74, 6) is 0.649. The van der Waals surface area contributed by atoms with Crippen LogP contribution in [0.5, 0.6) is 5.75 Å². The average molecular weight is 474 g/mol. The number of hydrogen-bond acceptors (Lipinski definition) is 4. The number of para-hydroxylation sites is 3. The van der Waals surface area contributed by atoms with Gasteiger partial charge in [-0.25, -0.2) is 9.37 Å². The quantitative estimate of drug-likeness (QED) is 0.421. The molecule has 1 amide bonds. The first-order chi connectivity index (χ1) is 16.9. The van der Waals surface area contributed by atoms with Crippen LogP contribution in [0.2, 0.25) is 0 Å². The van der Waals surface area contributed by atoms with Gasteiger partial charge in [-0.05, 0) is 61.4 Å². The second kappa shape index (κ2) is 9.50. The Kier molecular flexibility index (Phi) is 6.26. The van der Waals surface area contributed by atoms with Crippen molar-refractivity contribution in [2.45, 2.75) is 38.8 Å². The highest BCUT2D eigenvalue weighted by molar-refractivity contribution is 5.96. The zero-order chi connectivity index (χ0) is 24.5. The molecule has 5 rings (SSSR count). The number of imidazole rings is 1. The third-order valence-electron chi connectivity index (χ3n) is 6.35. The molecule has 1 aromatic heterocycles. The number of aliphatic hydroxyl groups excluding tert-OH is 1. The molecule has 6 nitrogen and oxygen atoms in total. The van der Waals surface area contributed by atoms with E-state index in [1.165, 1.54) is 11.0 Å². The lowest BCUT2D eigenvalue weighted by Gasteiger charge is -2.19. The molecule has 0 spiro atoms. The van der Waals surface area contributed by atoms with Crippen LogP contribution in [0.1, 0.15) is 29.3 Å². The van der Waals surface area contributed by atoms with Crippen LogP contribution in [0.3, 0.4) is 0 Å². The highest BCUT2D eigenvalue weighted by Gasteiger charge is 2.36. The van der Waals surface area contributed by atoms with Gasteiger partial charge in [-0.1, -0.05) is 30.3 Å². The van der Waals surface area contributed by atoms with Crippen LogP contribution in [-0.2, 0) is 11.3 Å². The van der Waals surface area contributed by atoms with Crippen molar-refractivity contribution in [2.75, 3.05) is 18.1 Å². The summed E-state index contributed by atoms with van der Waals surface area (Å²) >= 11 is 0. The van der Waals surface area contributed by atoms with Crippen LogP contribution >= 0.6 is 0 Å². The normalized spacial score (nSPS) is 16.7. The van der Waals surface area contributed by atoms with Gasteiger partial charge >= 0.3 is 0 Å². The van der Waals surface area contributed by atoms with E-state index in [9.17, 15) is 14.3 Å². The third kappa shape index (κ3) is 4.77. The number of benzene rings is 3. The number of aromatic nitrogens is 2. The number of aliphatic hydroxyl groups is 1. The molecule has 2 heterocycles. The molecule has 2 unspecified atom stereocenters. The summed E-state index contributed by atoms with van der Waals surface area (Å²) in [5.41, 5.74) is 4.15. The number of hydrogen-bond donors (Lipinski definition) is 1. The molecule has 0 saturated carbocycles. The number of carbonyl (C=O) groups excluding carboxylic acids is 1. The summed E-state index contributed by atoms with van der Waals surface area (Å²) in [6, 6.07) is 20.0. The third-order valence-corrected chi connectivity index (χ3v) is 6.35. The van der Waals surface area contributed by atoms with E-state index in [1.807, 2.05) is 54.8 Å². The minimum atomic E-state index is -0.785. The van der Waals surface area contributed by atoms with Gasteiger partial charge in [-0.3, -0.25) is 4.79 Å². The number of amides is 1. The minimum absolute atomic E-state index is 0.125. The smallest absolute Gasteiger partial charge is 0.227 e. The number of aryl methyl sites for hydroxylation is 2. The van der Waals surface area contributed by atoms with Crippen molar-refractivity contribution in [3.05, 3.63) is 89.5 Å². The second-order valence-electron chi connectivity index (χ2n) is 9.21. The maximum Gasteiger partial charge on any atom is 0.227 e. The van der Waals surface area contributed by atoms with Crippen LogP contribution in [0.4, 0.5) is 10.1 Å². The molecule has 180 valence electrons. The van der Waals surface area contributed by atoms with Gasteiger partial charge in [0.05, 0.1) is 23.3 Å². The lowest BCUT2D eigenvalue weighted by molar-refractivity contribution is -0.117. The van der Waals surface area contributed by atoms with Crippen LogP contribution in [-0.4, -0.2) is 39.8 Å². The Balaban J connectivity index is 1.39. The van der Waals surface area contributed by atoms with Gasteiger partial charge in [-0.2, -0.15) is 0 Å². The Morgan fingerprint density at radius 1 is 1.09 bits per heavy atom. The number of ether oxygens (including phenoxy) is 1. The molecule has 1 N–H and O–H groups in total. The van der Waals surface area contributed by atoms with E-state index in [1.54, 1.807) is 18.2 Å². The van der Waals surface area contributed by atoms with Crippen molar-refractivity contribution in [3.63, 3.8) is 0 Å². The molecule has 3 aromatic carbocycles. The fraction of sp³-hybridized carbons (Fsp3) is 0.286. The summed E-state index contributed by atoms with van der Waals surface area (Å²) in [4.78, 5) is 19.1. The van der Waals surface area contributed by atoms with Crippen LogP contribution in [0, 0.1) is 19.7 Å². The molecule has 0 bridgehead atoms. The number of rotatable bonds is 7. The molecule has 7 heteroatoms. The fourth-order valence-corrected chi connectivity index (χ4v) is 4.85. The van der Waals surface area contributed by atoms with Gasteiger partial charge in [0.2, 0.25) is 5.91 Å². The topological polar surface area (TPSA) is 67.6 Å². The van der Waals surface area contributed by atoms with E-state index in [4.69, 9.17) is 9.72 Å². The van der Waals surface area contributed by atoms with Crippen LogP contribution in [0.15, 0.2) is 66.7 Å². The minimum Gasteiger partial charge on any atom is -0.491 e. The summed E-state index contributed by atoms with van der Waals surface area (Å²) in [5, 5.41) is 10.9. The monoisotopic (exact) mass is 473 g/mol. The number of carbonyl (C=O) groups is 1. The van der Waals surface area contributed by atoms with E-state index in [-0.39, 0.29) is 37.1 Å². The van der Waals surface area contributed by atoms with Gasteiger partial charge in [0.1, 0.15) is 30.1 Å². The first kappa shape index (κ1) is 23.1. The highest BCUT2D eigenvalue weighted by atomic mass is 19.1. The maximum atomic E-state index is 14.4. The van der Waals surface area contributed by atoms with Crippen LogP contribution in [0.25, 0.3) is 11.0 Å². The number of halogens is 1. The Hall–Kier alpha value is -3.71. The van der Waals surface area contributed by atoms with Gasteiger partial charge in [-0.15, -0.1) is 0 Å². The predicted octanol–water partition coefficient (Wildman–Crippen LogP) is 4.75. The van der Waals surface area contributed by atoms with Gasteiger partial charge in [0.25, 0.3) is 0 Å². The second-order valence-corrected chi connectivity index (χ2v) is 9.21. The van der Waals surface area contributed by atoms with Gasteiger partial charge < -0.3 is 19.3 Å². The molecule has 0 radical (unpaired) electrons. The van der Waals surface area contributed by atoms with Crippen molar-refractivity contribution in [2.24, 2.45) is 0 Å². The van der Waals surface area contributed by atoms with E-state index < -0.39 is 11.9 Å². The number of fused-ring (bicyclic) bond motifs is 1. The van der Waals surface area contributed by atoms with E-state index >= 15 is 0 Å². The Morgan fingerprint density at radius 3 is 2.57 bits per heavy atom. The lowest BCUT2D eigenvalue weighted by atomic mass is 10.1. The Bertz CT molecular complexity index is 1360. The highest BCUT2D eigenvalue weighted by Crippen LogP contribution is 2.34. The summed E-state index contributed by atoms with van der Waals surface area (Å²) in [6.07, 6.45) is -0.556. The molecule has 1 saturated heterocycles. The predicted molar refractivity (Wildman–Crippen MR) is 133 cm³/mol. The molecule has 0 aliphatic carbocycles. The molecule has 1 fully saturated rings. The van der Waals surface area contributed by atoms with Crippen molar-refractivity contribution in [1.29, 1.82) is 0 Å². The number of nitrogens with zero attached hydrogens (tertiary/aromatic N) is 3. The zero-order valence-electron chi connectivity index (χ0n) is 19.8. The van der Waals surface area contributed by atoms with Crippen LogP contribution < -0.4 is 9.64 Å². The molecular formula is C28H28FN3O3. The number of anilines is 1.